The average molecular weight is 2220 g/mol. The Morgan fingerprint density at radius 1 is 0.356 bits per heavy atom. The number of nitrogens with one attached hydrogen (secondary N) is 3. The predicted octanol–water partition coefficient (Wildman–Crippen LogP) is 21.1. The molecule has 0 aliphatic carbocycles. The van der Waals surface area contributed by atoms with Gasteiger partial charge in [0.15, 0.2) is 11.6 Å². The van der Waals surface area contributed by atoms with E-state index in [0.29, 0.717) is 142 Å². The fourth-order valence-electron chi connectivity index (χ4n) is 12.1. The minimum absolute atomic E-state index is 0.0311. The highest BCUT2D eigenvalue weighted by Gasteiger charge is 2.22. The molecule has 0 atom stereocenters. The zero-order valence-electron chi connectivity index (χ0n) is 104. The third kappa shape index (κ3) is 165. The van der Waals surface area contributed by atoms with Crippen molar-refractivity contribution in [3.05, 3.63) is 0 Å². The van der Waals surface area contributed by atoms with Gasteiger partial charge in [0.25, 0.3) is 10.2 Å². The molecule has 0 saturated carbocycles. The summed E-state index contributed by atoms with van der Waals surface area (Å²) in [5.74, 6) is 2.03. The molecule has 0 radical (unpaired) electrons. The van der Waals surface area contributed by atoms with Gasteiger partial charge in [-0.3, -0.25) is 63.0 Å². The van der Waals surface area contributed by atoms with Crippen LogP contribution in [0.5, 0.6) is 0 Å². The van der Waals surface area contributed by atoms with Crippen molar-refractivity contribution in [1.29, 1.82) is 0 Å². The minimum atomic E-state index is -3.83. The van der Waals surface area contributed by atoms with E-state index >= 15 is 0 Å². The van der Waals surface area contributed by atoms with E-state index in [1.54, 1.807) is 78.2 Å². The number of amides is 4. The van der Waals surface area contributed by atoms with Gasteiger partial charge in [-0.2, -0.15) is 25.3 Å². The number of ketones is 3. The largest absolute Gasteiger partial charge is 0.389 e. The van der Waals surface area contributed by atoms with E-state index in [1.165, 1.54) is 26.3 Å². The van der Waals surface area contributed by atoms with Crippen LogP contribution in [-0.4, -0.2) is 257 Å². The molecule has 0 saturated heterocycles. The maximum Gasteiger partial charge on any atom is 0.318 e. The number of hydrogen-bond acceptors (Lipinski definition) is 22. The molecule has 13 N–H and O–H groups in total. The molecule has 0 aromatic rings. The highest BCUT2D eigenvalue weighted by Crippen LogP contribution is 2.30. The molecule has 0 bridgehead atoms. The normalized spacial score (nSPS) is 12.6. The lowest BCUT2D eigenvalue weighted by Crippen LogP contribution is -2.39. The van der Waals surface area contributed by atoms with Gasteiger partial charge in [0.1, 0.15) is 43.1 Å². The summed E-state index contributed by atoms with van der Waals surface area (Å²) in [5.41, 5.74) is 8.93. The number of hydrogen-bond donors (Lipinski definition) is 9. The number of sulfonamides is 1. The molecule has 4 amide bonds. The fourth-order valence-corrected chi connectivity index (χ4v) is 14.1. The van der Waals surface area contributed by atoms with Crippen molar-refractivity contribution in [3.63, 3.8) is 0 Å². The summed E-state index contributed by atoms with van der Waals surface area (Å²) in [5, 5.41) is 36.4. The van der Waals surface area contributed by atoms with Crippen LogP contribution in [-0.2, 0) is 88.5 Å². The number of hydroxylamine groups is 4. The van der Waals surface area contributed by atoms with E-state index in [9.17, 15) is 67.2 Å². The van der Waals surface area contributed by atoms with Gasteiger partial charge < -0.3 is 40.3 Å². The molecule has 0 aromatic heterocycles. The fraction of sp³-hybridized carbons (Fsp3) is 0.899. The first-order valence-electron chi connectivity index (χ1n) is 53.1. The van der Waals surface area contributed by atoms with Crippen molar-refractivity contribution in [2.75, 3.05) is 124 Å². The zero-order valence-corrected chi connectivity index (χ0v) is 107. The number of unbranched alkanes of at least 4 members (excludes halogenated alkanes) is 3. The van der Waals surface area contributed by atoms with Crippen LogP contribution in [0.1, 0.15) is 460 Å². The molecule has 36 nitrogen and oxygen atoms in total. The summed E-state index contributed by atoms with van der Waals surface area (Å²) in [6, 6.07) is 0. The number of amidine groups is 3. The SMILES string of the molecule is CC(C)(C)CCCC(=O)CO.CC(C)(C)CCCCC(N)=NS(N)(=O)=O.CCC(=O)CCCC(C)(C)C.CN(C)C(=NCCCC(C)(C)C)NS(C)(=O)=O.CN(C)C(=O)CCCC(C)(C)C.CN(C)C(CCCCC(C)(C)C)=NS(N)(=O)=O.CN(O)C(=O)CCCC(C)(C)C.CN=C(CCCCC(C)(C)C)NS(N)(=O)=O.COCC(=O)CCCC(C)(C)C.COCC(=O)NCCCC(C)(C)C.CON(C)C(=O)CCCC(C)(C)C. The van der Waals surface area contributed by atoms with Crippen molar-refractivity contribution in [2.45, 2.75) is 460 Å². The van der Waals surface area contributed by atoms with Crippen LogP contribution in [0.3, 0.4) is 0 Å². The maximum absolute atomic E-state index is 11.3. The summed E-state index contributed by atoms with van der Waals surface area (Å²) in [7, 11) is 5.26. The summed E-state index contributed by atoms with van der Waals surface area (Å²) in [6.07, 6.45) is 32.6. The molecule has 0 heterocycles. The molecular formula is C109H234N16O20S4. The van der Waals surface area contributed by atoms with Crippen molar-refractivity contribution in [2.24, 2.45) is 99.5 Å². The Morgan fingerprint density at radius 2 is 0.664 bits per heavy atom. The van der Waals surface area contributed by atoms with Gasteiger partial charge in [-0.1, -0.05) is 255 Å². The van der Waals surface area contributed by atoms with Crippen LogP contribution in [0.25, 0.3) is 0 Å². The number of rotatable bonds is 47. The number of nitrogens with two attached hydrogens (primary N) is 4. The van der Waals surface area contributed by atoms with Crippen LogP contribution < -0.4 is 35.9 Å². The van der Waals surface area contributed by atoms with Crippen molar-refractivity contribution in [3.8, 4) is 0 Å². The Kier molecular flexibility index (Phi) is 94.7. The van der Waals surface area contributed by atoms with Gasteiger partial charge in [0.05, 0.1) is 13.4 Å². The van der Waals surface area contributed by atoms with Crippen LogP contribution in [0.4, 0.5) is 0 Å². The number of carbonyl (C=O) groups excluding carboxylic acids is 7. The Morgan fingerprint density at radius 3 is 0.953 bits per heavy atom. The molecule has 0 aromatic carbocycles. The van der Waals surface area contributed by atoms with Gasteiger partial charge in [-0.05, 0) is 201 Å². The smallest absolute Gasteiger partial charge is 0.318 e. The Bertz CT molecular complexity index is 4030. The lowest BCUT2D eigenvalue weighted by atomic mass is 9.89. The number of aliphatic hydroxyl groups is 1. The number of aliphatic hydroxyl groups excluding tert-OH is 1. The molecule has 0 spiro atoms. The van der Waals surface area contributed by atoms with E-state index in [2.05, 4.69) is 267 Å². The molecule has 0 aliphatic rings. The van der Waals surface area contributed by atoms with E-state index < -0.39 is 40.7 Å². The summed E-state index contributed by atoms with van der Waals surface area (Å²) >= 11 is 0. The van der Waals surface area contributed by atoms with Crippen LogP contribution >= 0.6 is 0 Å². The molecule has 40 heteroatoms. The lowest BCUT2D eigenvalue weighted by Gasteiger charge is -2.19. The van der Waals surface area contributed by atoms with Crippen LogP contribution in [0, 0.1) is 59.6 Å². The van der Waals surface area contributed by atoms with Gasteiger partial charge in [-0.15, -0.1) is 8.80 Å². The zero-order chi connectivity index (χ0) is 120. The van der Waals surface area contributed by atoms with E-state index in [-0.39, 0.29) is 71.7 Å². The number of carbonyl (C=O) groups is 7. The lowest BCUT2D eigenvalue weighted by molar-refractivity contribution is -0.168. The number of ether oxygens (including phenoxy) is 2. The number of Topliss-reactive ketones (excluding diaryl/α,β-unsaturated/α-hetero) is 3. The first kappa shape index (κ1) is 166. The minimum Gasteiger partial charge on any atom is -0.389 e. The molecule has 0 aliphatic heterocycles. The van der Waals surface area contributed by atoms with Gasteiger partial charge in [0.2, 0.25) is 39.6 Å². The Hall–Kier alpha value is -5.95. The molecule has 0 fully saturated rings. The third-order valence-corrected chi connectivity index (χ3v) is 22.5. The number of aliphatic imine (C=N–C) groups is 2. The predicted molar refractivity (Wildman–Crippen MR) is 626 cm³/mol. The Labute approximate surface area is 914 Å². The quantitative estimate of drug-likeness (QED) is 0.00898. The first-order chi connectivity index (χ1) is 66.6. The highest BCUT2D eigenvalue weighted by molar-refractivity contribution is 7.89. The average Bonchev–Trinajstić information content (AvgIpc) is 0.907. The monoisotopic (exact) mass is 2220 g/mol. The molecule has 894 valence electrons. The summed E-state index contributed by atoms with van der Waals surface area (Å²) in [6.45, 7) is 75.4. The molecule has 149 heavy (non-hydrogen) atoms. The maximum atomic E-state index is 11.3. The number of methoxy groups -OCH3 is 2. The van der Waals surface area contributed by atoms with Gasteiger partial charge >= 0.3 is 20.4 Å². The van der Waals surface area contributed by atoms with Crippen molar-refractivity contribution >= 4 is 105 Å². The second-order valence-corrected chi connectivity index (χ2v) is 57.5. The first-order valence-corrected chi connectivity index (χ1v) is 59.5. The number of guanidine groups is 1. The standard InChI is InChI=1S/2C11H25N3O2S.C10H23N3O2S.2C10H21NO2.C10H21NO.C10H20O2.C10H20O.C9H21N3O2S.C9H19NO2.C9H18O2/c1-11(2,3)8-7-9-12-10(14(4)5)13-17(6,15)16;1-11(2,3)9-7-6-8-10(14(4)5)13-17(12,15)16;1-10(2,3)8-6-5-7-9(12-4)13-16(11,14)15;1-10(2,3)8-6-7-9(12)11(4)13-5;1-10(2,3)6-5-7-11-9(12)8-13-4;1-10(2,3)8-6-7-9(12)11(4)5;1-10(2,3)7-5-6-9(11)8-12-4;1-5-9(11)7-6-8-10(2,3)4;1-9(2,3)7-5-4-6-8(10)12-15(11,13)14;1-9(2,3)7-5-6-8(11)10(4)12;1-9(2,3)6-4-5-8(11)7-10/h7-9H2,1-6H3,(H,12,13);6-9H2,1-5H3,(H2,12,15,16);5-8H2,1-4H3,(H,12,13)(H2,11,14,15);6-8H2,1-5H3;5-8H2,1-4H3,(H,11,12);6-8H2,1-5H3;5-8H2,1-4H3;5-8H2,1-4H3;4-7H2,1-3H3,(H2,10,12)(H2,11,13,14);12H,5-7H2,1-4H3;10H,4-7H2,1-3H3. The van der Waals surface area contributed by atoms with Crippen LogP contribution in [0.15, 0.2) is 18.8 Å². The third-order valence-electron chi connectivity index (χ3n) is 20.5. The molecular weight excluding hydrogens is 1980 g/mol. The number of nitrogens with zero attached hydrogens (tertiary/aromatic N) is 9. The summed E-state index contributed by atoms with van der Waals surface area (Å²) < 4.78 is 107. The molecule has 0 rings (SSSR count). The molecule has 0 unspecified atom stereocenters. The topological polar surface area (TPSA) is 530 Å². The van der Waals surface area contributed by atoms with Crippen molar-refractivity contribution in [1.82, 2.24) is 39.6 Å². The van der Waals surface area contributed by atoms with Crippen LogP contribution in [0.2, 0.25) is 0 Å². The van der Waals surface area contributed by atoms with Gasteiger partial charge in [0, 0.05) is 155 Å². The van der Waals surface area contributed by atoms with Crippen molar-refractivity contribution < 1.29 is 91.9 Å². The highest BCUT2D eigenvalue weighted by atomic mass is 32.2. The van der Waals surface area contributed by atoms with E-state index in [0.717, 1.165) is 180 Å². The van der Waals surface area contributed by atoms with E-state index in [4.69, 9.17) is 41.0 Å². The van der Waals surface area contributed by atoms with Gasteiger partial charge in [-0.25, -0.2) is 34.0 Å². The van der Waals surface area contributed by atoms with E-state index in [1.807, 2.05) is 6.92 Å². The Balaban J connectivity index is -0.000000157. The second-order valence-electron chi connectivity index (χ2n) is 52.0. The summed E-state index contributed by atoms with van der Waals surface area (Å²) in [4.78, 5) is 94.7. The second kappa shape index (κ2) is 85.3.